The summed E-state index contributed by atoms with van der Waals surface area (Å²) in [5, 5.41) is 0. The van der Waals surface area contributed by atoms with Gasteiger partial charge in [0.1, 0.15) is 5.75 Å². The Hall–Kier alpha value is -0.995. The summed E-state index contributed by atoms with van der Waals surface area (Å²) in [5.74, 6) is 0.882. The molecule has 0 bridgehead atoms. The van der Waals surface area contributed by atoms with E-state index in [0.29, 0.717) is 6.61 Å². The van der Waals surface area contributed by atoms with Gasteiger partial charge in [0, 0.05) is 18.6 Å². The third kappa shape index (κ3) is 3.24. The molecule has 0 aliphatic carbocycles. The van der Waals surface area contributed by atoms with Crippen LogP contribution < -0.4 is 10.2 Å². The van der Waals surface area contributed by atoms with Gasteiger partial charge in [-0.05, 0) is 24.5 Å². The molecule has 0 spiro atoms. The summed E-state index contributed by atoms with van der Waals surface area (Å²) >= 11 is 0. The summed E-state index contributed by atoms with van der Waals surface area (Å²) < 4.78 is 16.8. The van der Waals surface area contributed by atoms with Crippen LogP contribution in [0.1, 0.15) is 20.8 Å². The highest BCUT2D eigenvalue weighted by atomic mass is 16.6. The molecule has 17 heavy (non-hydrogen) atoms. The summed E-state index contributed by atoms with van der Waals surface area (Å²) in [6, 6.07) is 7.89. The van der Waals surface area contributed by atoms with E-state index in [9.17, 15) is 0 Å². The van der Waals surface area contributed by atoms with Crippen molar-refractivity contribution in [3.63, 3.8) is 0 Å². The molecular weight excluding hydrogens is 215 g/mol. The van der Waals surface area contributed by atoms with Gasteiger partial charge in [-0.15, -0.1) is 0 Å². The predicted octanol–water partition coefficient (Wildman–Crippen LogP) is 1.85. The highest BCUT2D eigenvalue weighted by Crippen LogP contribution is 2.21. The third-order valence-corrected chi connectivity index (χ3v) is 2.71. The van der Waals surface area contributed by atoms with Gasteiger partial charge in [-0.1, -0.05) is 26.0 Å². The first kappa shape index (κ1) is 12.5. The standard InChI is InChI=1S/C13H19BO3/c1-4-15-12-7-5-11(6-8-12)14-16-9-13(2,3)10-17-14/h5-8H,4,9-10H2,1-3H3. The minimum Gasteiger partial charge on any atom is -0.494 e. The largest absolute Gasteiger partial charge is 0.494 e. The fourth-order valence-electron chi connectivity index (χ4n) is 1.77. The molecule has 92 valence electrons. The van der Waals surface area contributed by atoms with Crippen molar-refractivity contribution in [2.75, 3.05) is 19.8 Å². The fourth-order valence-corrected chi connectivity index (χ4v) is 1.77. The van der Waals surface area contributed by atoms with Gasteiger partial charge in [0.25, 0.3) is 0 Å². The molecule has 0 saturated carbocycles. The first-order valence-electron chi connectivity index (χ1n) is 6.07. The summed E-state index contributed by atoms with van der Waals surface area (Å²) in [4.78, 5) is 0. The van der Waals surface area contributed by atoms with E-state index in [1.807, 2.05) is 31.2 Å². The Morgan fingerprint density at radius 2 is 1.76 bits per heavy atom. The van der Waals surface area contributed by atoms with Crippen LogP contribution in [0.4, 0.5) is 0 Å². The molecule has 1 saturated heterocycles. The summed E-state index contributed by atoms with van der Waals surface area (Å²) in [7, 11) is -0.237. The molecule has 0 aromatic heterocycles. The van der Waals surface area contributed by atoms with Crippen LogP contribution >= 0.6 is 0 Å². The molecule has 0 atom stereocenters. The zero-order valence-electron chi connectivity index (χ0n) is 10.7. The highest BCUT2D eigenvalue weighted by Gasteiger charge is 2.33. The van der Waals surface area contributed by atoms with Crippen molar-refractivity contribution in [3.05, 3.63) is 24.3 Å². The van der Waals surface area contributed by atoms with Crippen LogP contribution in [-0.2, 0) is 9.31 Å². The Balaban J connectivity index is 1.99. The van der Waals surface area contributed by atoms with Gasteiger partial charge in [0.2, 0.25) is 0 Å². The van der Waals surface area contributed by atoms with Crippen molar-refractivity contribution in [1.82, 2.24) is 0 Å². The summed E-state index contributed by atoms with van der Waals surface area (Å²) in [6.07, 6.45) is 0. The minimum absolute atomic E-state index is 0.113. The normalized spacial score (nSPS) is 19.1. The average molecular weight is 234 g/mol. The SMILES string of the molecule is CCOc1ccc(B2OCC(C)(C)CO2)cc1. The molecule has 1 aromatic rings. The molecule has 1 heterocycles. The fraction of sp³-hybridized carbons (Fsp3) is 0.538. The molecule has 1 aliphatic rings. The van der Waals surface area contributed by atoms with Crippen LogP contribution in [-0.4, -0.2) is 26.9 Å². The molecule has 0 unspecified atom stereocenters. The van der Waals surface area contributed by atoms with E-state index in [2.05, 4.69) is 13.8 Å². The molecule has 1 aliphatic heterocycles. The van der Waals surface area contributed by atoms with Gasteiger partial charge < -0.3 is 14.0 Å². The lowest BCUT2D eigenvalue weighted by Crippen LogP contribution is -2.47. The van der Waals surface area contributed by atoms with Crippen molar-refractivity contribution in [2.24, 2.45) is 5.41 Å². The molecule has 0 N–H and O–H groups in total. The van der Waals surface area contributed by atoms with E-state index >= 15 is 0 Å². The van der Waals surface area contributed by atoms with Crippen LogP contribution in [0.5, 0.6) is 5.75 Å². The lowest BCUT2D eigenvalue weighted by molar-refractivity contribution is 0.0343. The molecular formula is C13H19BO3. The maximum atomic E-state index is 5.72. The van der Waals surface area contributed by atoms with Crippen LogP contribution in [0.3, 0.4) is 0 Å². The number of ether oxygens (including phenoxy) is 1. The molecule has 3 nitrogen and oxygen atoms in total. The van der Waals surface area contributed by atoms with Crippen molar-refractivity contribution in [2.45, 2.75) is 20.8 Å². The van der Waals surface area contributed by atoms with E-state index in [1.165, 1.54) is 0 Å². The second kappa shape index (κ2) is 5.11. The van der Waals surface area contributed by atoms with Crippen molar-refractivity contribution in [1.29, 1.82) is 0 Å². The van der Waals surface area contributed by atoms with Gasteiger partial charge >= 0.3 is 7.12 Å². The van der Waals surface area contributed by atoms with E-state index in [0.717, 1.165) is 24.4 Å². The van der Waals surface area contributed by atoms with E-state index in [1.54, 1.807) is 0 Å². The first-order chi connectivity index (χ1) is 8.11. The van der Waals surface area contributed by atoms with Crippen LogP contribution in [0.25, 0.3) is 0 Å². The van der Waals surface area contributed by atoms with Gasteiger partial charge in [-0.3, -0.25) is 0 Å². The number of rotatable bonds is 3. The van der Waals surface area contributed by atoms with Crippen LogP contribution in [0.15, 0.2) is 24.3 Å². The van der Waals surface area contributed by atoms with Gasteiger partial charge in [0.05, 0.1) is 6.61 Å². The zero-order chi connectivity index (χ0) is 12.3. The number of benzene rings is 1. The van der Waals surface area contributed by atoms with Crippen LogP contribution in [0, 0.1) is 5.41 Å². The molecule has 1 aromatic carbocycles. The van der Waals surface area contributed by atoms with Crippen molar-refractivity contribution >= 4 is 12.6 Å². The molecule has 2 rings (SSSR count). The molecule has 0 radical (unpaired) electrons. The molecule has 4 heteroatoms. The Labute approximate surface area is 103 Å². The maximum Gasteiger partial charge on any atom is 0.493 e. The maximum absolute atomic E-state index is 5.72. The predicted molar refractivity (Wildman–Crippen MR) is 68.7 cm³/mol. The third-order valence-electron chi connectivity index (χ3n) is 2.71. The van der Waals surface area contributed by atoms with E-state index < -0.39 is 0 Å². The smallest absolute Gasteiger partial charge is 0.493 e. The second-order valence-corrected chi connectivity index (χ2v) is 5.12. The lowest BCUT2D eigenvalue weighted by Gasteiger charge is -2.33. The number of hydrogen-bond donors (Lipinski definition) is 0. The van der Waals surface area contributed by atoms with Crippen molar-refractivity contribution in [3.8, 4) is 5.75 Å². The first-order valence-corrected chi connectivity index (χ1v) is 6.07. The average Bonchev–Trinajstić information content (AvgIpc) is 2.31. The zero-order valence-corrected chi connectivity index (χ0v) is 10.7. The quantitative estimate of drug-likeness (QED) is 0.747. The van der Waals surface area contributed by atoms with E-state index in [4.69, 9.17) is 14.0 Å². The summed E-state index contributed by atoms with van der Waals surface area (Å²) in [5.41, 5.74) is 1.16. The minimum atomic E-state index is -0.237. The Morgan fingerprint density at radius 1 is 1.18 bits per heavy atom. The molecule has 1 fully saturated rings. The monoisotopic (exact) mass is 234 g/mol. The van der Waals surface area contributed by atoms with Crippen LogP contribution in [0.2, 0.25) is 0 Å². The number of hydrogen-bond acceptors (Lipinski definition) is 3. The topological polar surface area (TPSA) is 27.7 Å². The summed E-state index contributed by atoms with van der Waals surface area (Å²) in [6.45, 7) is 8.39. The molecule has 0 amide bonds. The van der Waals surface area contributed by atoms with Crippen molar-refractivity contribution < 1.29 is 14.0 Å². The second-order valence-electron chi connectivity index (χ2n) is 5.12. The van der Waals surface area contributed by atoms with Gasteiger partial charge in [-0.25, -0.2) is 0 Å². The lowest BCUT2D eigenvalue weighted by atomic mass is 9.76. The Morgan fingerprint density at radius 3 is 2.29 bits per heavy atom. The highest BCUT2D eigenvalue weighted by molar-refractivity contribution is 6.61. The Bertz CT molecular complexity index is 351. The Kier molecular flexibility index (Phi) is 3.74. The van der Waals surface area contributed by atoms with Gasteiger partial charge in [-0.2, -0.15) is 0 Å². The van der Waals surface area contributed by atoms with Gasteiger partial charge in [0.15, 0.2) is 0 Å². The van der Waals surface area contributed by atoms with E-state index in [-0.39, 0.29) is 12.5 Å².